The van der Waals surface area contributed by atoms with Crippen LogP contribution >= 0.6 is 11.6 Å². The summed E-state index contributed by atoms with van der Waals surface area (Å²) < 4.78 is 10.3. The molecule has 3 amide bonds. The molecule has 9 nitrogen and oxygen atoms in total. The van der Waals surface area contributed by atoms with Gasteiger partial charge in [0, 0.05) is 68.7 Å². The van der Waals surface area contributed by atoms with Crippen molar-refractivity contribution in [2.24, 2.45) is 5.92 Å². The lowest BCUT2D eigenvalue weighted by atomic mass is 9.94. The molecule has 2 heterocycles. The molecular formula is C26H42ClN5O4. The number of halogens is 1. The van der Waals surface area contributed by atoms with E-state index in [0.717, 1.165) is 77.1 Å². The fourth-order valence-electron chi connectivity index (χ4n) is 5.18. The highest BCUT2D eigenvalue weighted by Gasteiger charge is 2.30. The van der Waals surface area contributed by atoms with Crippen LogP contribution in [-0.4, -0.2) is 89.2 Å². The van der Waals surface area contributed by atoms with E-state index in [0.29, 0.717) is 24.0 Å². The molecule has 3 unspecified atom stereocenters. The van der Waals surface area contributed by atoms with Crippen molar-refractivity contribution in [3.05, 3.63) is 29.3 Å². The SMILES string of the molecule is CNCC(CC1CCCOC1)NC(=O)N1CCCC(N(CCCNC(=O)OC)c2cccc(Cl)c2)C1. The average molecular weight is 524 g/mol. The first-order chi connectivity index (χ1) is 17.5. The van der Waals surface area contributed by atoms with Gasteiger partial charge in [-0.3, -0.25) is 0 Å². The summed E-state index contributed by atoms with van der Waals surface area (Å²) in [6.07, 6.45) is 5.40. The molecule has 1 aromatic rings. The predicted octanol–water partition coefficient (Wildman–Crippen LogP) is 3.47. The van der Waals surface area contributed by atoms with Crippen molar-refractivity contribution in [2.45, 2.75) is 50.6 Å². The van der Waals surface area contributed by atoms with E-state index < -0.39 is 6.09 Å². The number of rotatable bonds is 11. The Kier molecular flexibility index (Phi) is 11.9. The summed E-state index contributed by atoms with van der Waals surface area (Å²) in [5, 5.41) is 9.93. The maximum Gasteiger partial charge on any atom is 0.406 e. The Morgan fingerprint density at radius 1 is 1.31 bits per heavy atom. The Hall–Kier alpha value is -2.23. The first-order valence-electron chi connectivity index (χ1n) is 13.1. The molecule has 2 saturated heterocycles. The zero-order valence-electron chi connectivity index (χ0n) is 21.6. The van der Waals surface area contributed by atoms with Gasteiger partial charge in [0.1, 0.15) is 0 Å². The molecule has 10 heteroatoms. The summed E-state index contributed by atoms with van der Waals surface area (Å²) >= 11 is 6.31. The molecule has 0 spiro atoms. The first kappa shape index (κ1) is 28.3. The zero-order valence-corrected chi connectivity index (χ0v) is 22.4. The van der Waals surface area contributed by atoms with Gasteiger partial charge in [-0.25, -0.2) is 9.59 Å². The van der Waals surface area contributed by atoms with Gasteiger partial charge in [0.15, 0.2) is 0 Å². The molecule has 36 heavy (non-hydrogen) atoms. The Morgan fingerprint density at radius 2 is 2.17 bits per heavy atom. The Morgan fingerprint density at radius 3 is 2.89 bits per heavy atom. The number of nitrogens with one attached hydrogen (secondary N) is 3. The van der Waals surface area contributed by atoms with E-state index in [1.54, 1.807) is 0 Å². The van der Waals surface area contributed by atoms with Crippen molar-refractivity contribution in [1.82, 2.24) is 20.9 Å². The molecule has 2 fully saturated rings. The minimum Gasteiger partial charge on any atom is -0.453 e. The van der Waals surface area contributed by atoms with Crippen LogP contribution in [0.5, 0.6) is 0 Å². The van der Waals surface area contributed by atoms with Crippen LogP contribution in [0.15, 0.2) is 24.3 Å². The monoisotopic (exact) mass is 523 g/mol. The summed E-state index contributed by atoms with van der Waals surface area (Å²) in [6.45, 7) is 4.99. The molecule has 0 bridgehead atoms. The normalized spacial score (nSPS) is 20.9. The van der Waals surface area contributed by atoms with E-state index >= 15 is 0 Å². The van der Waals surface area contributed by atoms with Crippen LogP contribution in [0, 0.1) is 5.92 Å². The van der Waals surface area contributed by atoms with Crippen molar-refractivity contribution >= 4 is 29.4 Å². The van der Waals surface area contributed by atoms with E-state index in [1.807, 2.05) is 36.2 Å². The number of urea groups is 1. The Balaban J connectivity index is 1.62. The lowest BCUT2D eigenvalue weighted by molar-refractivity contribution is 0.0476. The topological polar surface area (TPSA) is 95.2 Å². The molecule has 2 aliphatic rings. The van der Waals surface area contributed by atoms with Crippen molar-refractivity contribution in [2.75, 3.05) is 65.0 Å². The maximum atomic E-state index is 13.3. The van der Waals surface area contributed by atoms with E-state index in [9.17, 15) is 9.59 Å². The maximum absolute atomic E-state index is 13.3. The van der Waals surface area contributed by atoms with Gasteiger partial charge in [-0.1, -0.05) is 17.7 Å². The molecule has 0 aliphatic carbocycles. The second-order valence-corrected chi connectivity index (χ2v) is 10.1. The number of piperidine rings is 1. The summed E-state index contributed by atoms with van der Waals surface area (Å²) in [4.78, 5) is 29.0. The van der Waals surface area contributed by atoms with Gasteiger partial charge in [0.2, 0.25) is 0 Å². The number of alkyl carbamates (subject to hydrolysis) is 1. The van der Waals surface area contributed by atoms with E-state index in [-0.39, 0.29) is 18.1 Å². The highest BCUT2D eigenvalue weighted by Crippen LogP contribution is 2.26. The summed E-state index contributed by atoms with van der Waals surface area (Å²) in [5.74, 6) is 0.489. The lowest BCUT2D eigenvalue weighted by Crippen LogP contribution is -2.55. The van der Waals surface area contributed by atoms with E-state index in [2.05, 4.69) is 25.6 Å². The van der Waals surface area contributed by atoms with Gasteiger partial charge in [-0.2, -0.15) is 0 Å². The fraction of sp³-hybridized carbons (Fsp3) is 0.692. The molecule has 2 aliphatic heterocycles. The number of ether oxygens (including phenoxy) is 2. The van der Waals surface area contributed by atoms with Gasteiger partial charge in [0.25, 0.3) is 0 Å². The van der Waals surface area contributed by atoms with E-state index in [4.69, 9.17) is 16.3 Å². The van der Waals surface area contributed by atoms with Gasteiger partial charge in [-0.15, -0.1) is 0 Å². The minimum absolute atomic E-state index is 0.00456. The average Bonchev–Trinajstić information content (AvgIpc) is 2.89. The van der Waals surface area contributed by atoms with Crippen molar-refractivity contribution in [3.63, 3.8) is 0 Å². The highest BCUT2D eigenvalue weighted by atomic mass is 35.5. The van der Waals surface area contributed by atoms with Crippen LogP contribution in [0.2, 0.25) is 5.02 Å². The smallest absolute Gasteiger partial charge is 0.406 e. The standard InChI is InChI=1S/C26H42ClN5O4/c1-28-17-22(15-20-7-5-14-36-19-20)30-25(33)31-12-4-10-24(18-31)32(13-6-11-29-26(34)35-2)23-9-3-8-21(27)16-23/h3,8-9,16,20,22,24,28H,4-7,10-15,17-19H2,1-2H3,(H,29,34)(H,30,33). The van der Waals surface area contributed by atoms with Crippen molar-refractivity contribution in [1.29, 1.82) is 0 Å². The number of carbonyl (C=O) groups is 2. The predicted molar refractivity (Wildman–Crippen MR) is 143 cm³/mol. The number of likely N-dealkylation sites (tertiary alicyclic amines) is 1. The quantitative estimate of drug-likeness (QED) is 0.384. The fourth-order valence-corrected chi connectivity index (χ4v) is 5.37. The lowest BCUT2D eigenvalue weighted by Gasteiger charge is -2.41. The van der Waals surface area contributed by atoms with E-state index in [1.165, 1.54) is 7.11 Å². The number of carbonyl (C=O) groups excluding carboxylic acids is 2. The number of benzene rings is 1. The van der Waals surface area contributed by atoms with Crippen LogP contribution < -0.4 is 20.9 Å². The van der Waals surface area contributed by atoms with Crippen LogP contribution in [0.3, 0.4) is 0 Å². The number of likely N-dealkylation sites (N-methyl/N-ethyl adjacent to an activating group) is 1. The number of hydrogen-bond donors (Lipinski definition) is 3. The van der Waals surface area contributed by atoms with Crippen LogP contribution in [0.25, 0.3) is 0 Å². The first-order valence-corrected chi connectivity index (χ1v) is 13.5. The van der Waals surface area contributed by atoms with Gasteiger partial charge < -0.3 is 35.2 Å². The minimum atomic E-state index is -0.430. The number of methoxy groups -OCH3 is 1. The number of anilines is 1. The third kappa shape index (κ3) is 9.01. The number of hydrogen-bond acceptors (Lipinski definition) is 6. The molecule has 3 N–H and O–H groups in total. The van der Waals surface area contributed by atoms with Crippen molar-refractivity contribution < 1.29 is 19.1 Å². The molecule has 3 atom stereocenters. The van der Waals surface area contributed by atoms with Gasteiger partial charge in [0.05, 0.1) is 7.11 Å². The largest absolute Gasteiger partial charge is 0.453 e. The zero-order chi connectivity index (χ0) is 25.8. The second-order valence-electron chi connectivity index (χ2n) is 9.71. The third-order valence-electron chi connectivity index (χ3n) is 6.95. The molecule has 3 rings (SSSR count). The molecule has 202 valence electrons. The van der Waals surface area contributed by atoms with Gasteiger partial charge >= 0.3 is 12.1 Å². The molecule has 0 radical (unpaired) electrons. The molecule has 1 aromatic carbocycles. The highest BCUT2D eigenvalue weighted by molar-refractivity contribution is 6.30. The number of nitrogens with zero attached hydrogens (tertiary/aromatic N) is 2. The summed E-state index contributed by atoms with van der Waals surface area (Å²) in [5.41, 5.74) is 1.03. The molecule has 0 saturated carbocycles. The van der Waals surface area contributed by atoms with Crippen LogP contribution in [0.1, 0.15) is 38.5 Å². The molecular weight excluding hydrogens is 482 g/mol. The van der Waals surface area contributed by atoms with Crippen LogP contribution in [0.4, 0.5) is 15.3 Å². The number of amides is 3. The second kappa shape index (κ2) is 15.1. The third-order valence-corrected chi connectivity index (χ3v) is 7.18. The molecule has 0 aromatic heterocycles. The Bertz CT molecular complexity index is 823. The van der Waals surface area contributed by atoms with Crippen LogP contribution in [-0.2, 0) is 9.47 Å². The summed E-state index contributed by atoms with van der Waals surface area (Å²) in [6, 6.07) is 8.05. The Labute approximate surface area is 220 Å². The van der Waals surface area contributed by atoms with Crippen molar-refractivity contribution in [3.8, 4) is 0 Å². The van der Waals surface area contributed by atoms with Gasteiger partial charge in [-0.05, 0) is 69.7 Å². The summed E-state index contributed by atoms with van der Waals surface area (Å²) in [7, 11) is 3.28.